The van der Waals surface area contributed by atoms with Crippen LogP contribution in [0.15, 0.2) is 61.1 Å². The zero-order valence-electron chi connectivity index (χ0n) is 15.5. The third-order valence-electron chi connectivity index (χ3n) is 4.65. The maximum absolute atomic E-state index is 12.8. The number of nitrogens with zero attached hydrogens (tertiary/aromatic N) is 2. The highest BCUT2D eigenvalue weighted by atomic mass is 16.2. The maximum Gasteiger partial charge on any atom is 0.255 e. The van der Waals surface area contributed by atoms with Crippen molar-refractivity contribution >= 4 is 23.3 Å². The predicted molar refractivity (Wildman–Crippen MR) is 108 cm³/mol. The van der Waals surface area contributed by atoms with Gasteiger partial charge in [0.1, 0.15) is 5.82 Å². The number of carbonyl (C=O) groups is 2. The molecule has 1 aromatic carbocycles. The molecule has 1 fully saturated rings. The minimum atomic E-state index is -0.286. The highest BCUT2D eigenvalue weighted by molar-refractivity contribution is 6.07. The van der Waals surface area contributed by atoms with E-state index in [2.05, 4.69) is 20.6 Å². The number of nitrogens with one attached hydrogen (secondary N) is 2. The Balaban J connectivity index is 1.54. The number of hydrogen-bond donors (Lipinski definition) is 2. The molecule has 1 aliphatic rings. The lowest BCUT2D eigenvalue weighted by Gasteiger charge is -2.12. The Hall–Kier alpha value is -3.54. The molecular weight excluding hydrogens is 352 g/mol. The lowest BCUT2D eigenvalue weighted by Crippen LogP contribution is -2.16. The van der Waals surface area contributed by atoms with E-state index in [-0.39, 0.29) is 17.7 Å². The van der Waals surface area contributed by atoms with Crippen LogP contribution in [0, 0.1) is 12.8 Å². The van der Waals surface area contributed by atoms with E-state index in [1.54, 1.807) is 24.5 Å². The summed E-state index contributed by atoms with van der Waals surface area (Å²) in [6.07, 6.45) is 6.66. The second kappa shape index (κ2) is 7.60. The number of aryl methyl sites for hydroxylation is 1. The molecule has 6 nitrogen and oxygen atoms in total. The van der Waals surface area contributed by atoms with Gasteiger partial charge in [0.15, 0.2) is 0 Å². The number of hydrogen-bond acceptors (Lipinski definition) is 4. The molecule has 0 spiro atoms. The summed E-state index contributed by atoms with van der Waals surface area (Å²) in [6, 6.07) is 13.1. The van der Waals surface area contributed by atoms with Crippen molar-refractivity contribution in [2.24, 2.45) is 5.92 Å². The van der Waals surface area contributed by atoms with Gasteiger partial charge < -0.3 is 10.6 Å². The summed E-state index contributed by atoms with van der Waals surface area (Å²) in [5.41, 5.74) is 4.09. The topological polar surface area (TPSA) is 84.0 Å². The maximum atomic E-state index is 12.8. The van der Waals surface area contributed by atoms with E-state index < -0.39 is 0 Å². The smallest absolute Gasteiger partial charge is 0.255 e. The van der Waals surface area contributed by atoms with Gasteiger partial charge in [-0.05, 0) is 43.5 Å². The molecule has 1 saturated carbocycles. The minimum absolute atomic E-state index is 0.0426. The van der Waals surface area contributed by atoms with Gasteiger partial charge in [0.25, 0.3) is 5.91 Å². The van der Waals surface area contributed by atoms with E-state index >= 15 is 0 Å². The standard InChI is InChI=1S/C22H20N4O2/c1-14-2-4-15(5-3-14)18-9-10-23-13-19(18)25-22(28)17-8-11-24-20(12-17)26-21(27)16-6-7-16/h2-5,8-13,16H,6-7H2,1H3,(H,25,28)(H,24,26,27). The van der Waals surface area contributed by atoms with Crippen LogP contribution in [0.1, 0.15) is 28.8 Å². The van der Waals surface area contributed by atoms with Gasteiger partial charge in [-0.2, -0.15) is 0 Å². The van der Waals surface area contributed by atoms with E-state index in [0.29, 0.717) is 17.1 Å². The summed E-state index contributed by atoms with van der Waals surface area (Å²) in [7, 11) is 0. The van der Waals surface area contributed by atoms with Crippen molar-refractivity contribution in [3.63, 3.8) is 0 Å². The largest absolute Gasteiger partial charge is 0.320 e. The van der Waals surface area contributed by atoms with Crippen LogP contribution in [0.3, 0.4) is 0 Å². The van der Waals surface area contributed by atoms with Crippen LogP contribution in [0.2, 0.25) is 0 Å². The number of rotatable bonds is 5. The summed E-state index contributed by atoms with van der Waals surface area (Å²) in [5.74, 6) is 0.130. The molecule has 4 rings (SSSR count). The summed E-state index contributed by atoms with van der Waals surface area (Å²) in [4.78, 5) is 32.9. The first-order valence-electron chi connectivity index (χ1n) is 9.19. The first-order valence-corrected chi connectivity index (χ1v) is 9.19. The molecule has 28 heavy (non-hydrogen) atoms. The molecule has 0 unspecified atom stereocenters. The number of anilines is 2. The van der Waals surface area contributed by atoms with Crippen LogP contribution < -0.4 is 10.6 Å². The fraction of sp³-hybridized carbons (Fsp3) is 0.182. The van der Waals surface area contributed by atoms with Crippen LogP contribution in [-0.4, -0.2) is 21.8 Å². The van der Waals surface area contributed by atoms with Crippen molar-refractivity contribution in [3.8, 4) is 11.1 Å². The lowest BCUT2D eigenvalue weighted by molar-refractivity contribution is -0.117. The molecule has 0 radical (unpaired) electrons. The van der Waals surface area contributed by atoms with Gasteiger partial charge in [0.2, 0.25) is 5.91 Å². The van der Waals surface area contributed by atoms with Gasteiger partial charge >= 0.3 is 0 Å². The van der Waals surface area contributed by atoms with E-state index in [9.17, 15) is 9.59 Å². The Labute approximate surface area is 163 Å². The zero-order valence-corrected chi connectivity index (χ0v) is 15.5. The van der Waals surface area contributed by atoms with Crippen LogP contribution in [0.5, 0.6) is 0 Å². The van der Waals surface area contributed by atoms with Crippen molar-refractivity contribution in [3.05, 3.63) is 72.2 Å². The first-order chi connectivity index (χ1) is 13.6. The van der Waals surface area contributed by atoms with Crippen LogP contribution in [-0.2, 0) is 4.79 Å². The molecule has 6 heteroatoms. The average Bonchev–Trinajstić information content (AvgIpc) is 3.55. The molecule has 1 aliphatic carbocycles. The van der Waals surface area contributed by atoms with Gasteiger partial charge in [-0.1, -0.05) is 29.8 Å². The number of amides is 2. The molecule has 2 amide bonds. The lowest BCUT2D eigenvalue weighted by atomic mass is 10.0. The fourth-order valence-electron chi connectivity index (χ4n) is 2.89. The summed E-state index contributed by atoms with van der Waals surface area (Å²) in [6.45, 7) is 2.03. The second-order valence-corrected chi connectivity index (χ2v) is 6.93. The number of benzene rings is 1. The highest BCUT2D eigenvalue weighted by Gasteiger charge is 2.29. The van der Waals surface area contributed by atoms with Crippen molar-refractivity contribution in [2.75, 3.05) is 10.6 Å². The Morgan fingerprint density at radius 3 is 2.54 bits per heavy atom. The SMILES string of the molecule is Cc1ccc(-c2ccncc2NC(=O)c2ccnc(NC(=O)C3CC3)c2)cc1. The normalized spacial score (nSPS) is 13.0. The summed E-state index contributed by atoms with van der Waals surface area (Å²) < 4.78 is 0. The molecule has 140 valence electrons. The van der Waals surface area contributed by atoms with E-state index in [0.717, 1.165) is 24.0 Å². The highest BCUT2D eigenvalue weighted by Crippen LogP contribution is 2.30. The monoisotopic (exact) mass is 372 g/mol. The zero-order chi connectivity index (χ0) is 19.5. The van der Waals surface area contributed by atoms with Gasteiger partial charge in [-0.25, -0.2) is 4.98 Å². The third-order valence-corrected chi connectivity index (χ3v) is 4.65. The van der Waals surface area contributed by atoms with Gasteiger partial charge in [-0.3, -0.25) is 14.6 Å². The molecule has 0 saturated heterocycles. The van der Waals surface area contributed by atoms with Crippen molar-refractivity contribution < 1.29 is 9.59 Å². The fourth-order valence-corrected chi connectivity index (χ4v) is 2.89. The number of aromatic nitrogens is 2. The van der Waals surface area contributed by atoms with Gasteiger partial charge in [0.05, 0.1) is 11.9 Å². The van der Waals surface area contributed by atoms with E-state index in [1.807, 2.05) is 37.3 Å². The molecular formula is C22H20N4O2. The Kier molecular flexibility index (Phi) is 4.85. The Bertz CT molecular complexity index is 1030. The summed E-state index contributed by atoms with van der Waals surface area (Å²) in [5, 5.41) is 5.68. The molecule has 0 atom stereocenters. The van der Waals surface area contributed by atoms with Gasteiger partial charge in [-0.15, -0.1) is 0 Å². The van der Waals surface area contributed by atoms with Crippen LogP contribution >= 0.6 is 0 Å². The molecule has 0 bridgehead atoms. The summed E-state index contributed by atoms with van der Waals surface area (Å²) >= 11 is 0. The Morgan fingerprint density at radius 2 is 1.79 bits per heavy atom. The van der Waals surface area contributed by atoms with Crippen molar-refractivity contribution in [1.82, 2.24) is 9.97 Å². The molecule has 2 aromatic heterocycles. The minimum Gasteiger partial charge on any atom is -0.320 e. The third kappa shape index (κ3) is 4.06. The predicted octanol–water partition coefficient (Wildman–Crippen LogP) is 4.05. The molecule has 0 aliphatic heterocycles. The average molecular weight is 372 g/mol. The number of carbonyl (C=O) groups excluding carboxylic acids is 2. The number of pyridine rings is 2. The van der Waals surface area contributed by atoms with Crippen LogP contribution in [0.25, 0.3) is 11.1 Å². The molecule has 3 aromatic rings. The Morgan fingerprint density at radius 1 is 1.00 bits per heavy atom. The van der Waals surface area contributed by atoms with E-state index in [4.69, 9.17) is 0 Å². The quantitative estimate of drug-likeness (QED) is 0.708. The van der Waals surface area contributed by atoms with Crippen LogP contribution in [0.4, 0.5) is 11.5 Å². The van der Waals surface area contributed by atoms with Crippen molar-refractivity contribution in [2.45, 2.75) is 19.8 Å². The first kappa shape index (κ1) is 17.9. The van der Waals surface area contributed by atoms with Gasteiger partial charge in [0, 0.05) is 29.4 Å². The molecule has 2 heterocycles. The molecule has 2 N–H and O–H groups in total. The van der Waals surface area contributed by atoms with E-state index in [1.165, 1.54) is 11.8 Å². The van der Waals surface area contributed by atoms with Crippen molar-refractivity contribution in [1.29, 1.82) is 0 Å². The second-order valence-electron chi connectivity index (χ2n) is 6.93.